The Morgan fingerprint density at radius 1 is 1.43 bits per heavy atom. The molecule has 1 aliphatic rings. The molecule has 0 saturated carbocycles. The molecule has 0 spiro atoms. The summed E-state index contributed by atoms with van der Waals surface area (Å²) >= 11 is 1.63. The summed E-state index contributed by atoms with van der Waals surface area (Å²) in [5, 5.41) is 0.824. The van der Waals surface area contributed by atoms with Crippen LogP contribution in [0.4, 0.5) is 5.95 Å². The molecular formula is C16H20N4O2S. The topological polar surface area (TPSA) is 82.5 Å². The van der Waals surface area contributed by atoms with Gasteiger partial charge in [0.2, 0.25) is 5.95 Å². The minimum absolute atomic E-state index is 0.0683. The molecule has 7 heteroatoms. The highest BCUT2D eigenvalue weighted by atomic mass is 32.2. The number of fused-ring (bicyclic) bond motifs is 1. The van der Waals surface area contributed by atoms with Crippen LogP contribution in [0, 0.1) is 5.41 Å². The summed E-state index contributed by atoms with van der Waals surface area (Å²) in [6.45, 7) is 7.21. The van der Waals surface area contributed by atoms with Crippen molar-refractivity contribution in [2.45, 2.75) is 20.8 Å². The van der Waals surface area contributed by atoms with Gasteiger partial charge < -0.3 is 10.5 Å². The fraction of sp³-hybridized carbons (Fsp3) is 0.438. The Balaban J connectivity index is 1.94. The van der Waals surface area contributed by atoms with E-state index in [4.69, 9.17) is 10.5 Å². The van der Waals surface area contributed by atoms with Gasteiger partial charge in [0, 0.05) is 5.75 Å². The number of hydrogen-bond donors (Lipinski definition) is 1. The van der Waals surface area contributed by atoms with E-state index in [1.165, 1.54) is 0 Å². The summed E-state index contributed by atoms with van der Waals surface area (Å²) in [5.41, 5.74) is 7.96. The fourth-order valence-corrected chi connectivity index (χ4v) is 3.12. The molecule has 2 heterocycles. The van der Waals surface area contributed by atoms with Crippen LogP contribution in [0.2, 0.25) is 0 Å². The number of thioether (sulfide) groups is 1. The molecule has 1 aromatic carbocycles. The predicted octanol–water partition coefficient (Wildman–Crippen LogP) is 2.77. The third-order valence-electron chi connectivity index (χ3n) is 3.31. The highest BCUT2D eigenvalue weighted by molar-refractivity contribution is 8.14. The molecule has 2 N–H and O–H groups in total. The highest BCUT2D eigenvalue weighted by Gasteiger charge is 2.19. The Hall–Kier alpha value is -2.02. The summed E-state index contributed by atoms with van der Waals surface area (Å²) in [6.07, 6.45) is 0. The van der Waals surface area contributed by atoms with Crippen LogP contribution in [0.5, 0.6) is 0 Å². The van der Waals surface area contributed by atoms with Gasteiger partial charge in [-0.1, -0.05) is 32.5 Å². The number of rotatable bonds is 2. The Morgan fingerprint density at radius 3 is 2.87 bits per heavy atom. The van der Waals surface area contributed by atoms with E-state index in [1.807, 2.05) is 20.8 Å². The number of carbonyl (C=O) groups excluding carboxylic acids is 1. The molecule has 1 aromatic heterocycles. The zero-order valence-corrected chi connectivity index (χ0v) is 14.3. The SMILES string of the molecule is CC(C)(C)COC(=O)c1ccc2nc(N)n(C3=NCCS3)c2c1. The number of hydrogen-bond acceptors (Lipinski definition) is 6. The molecule has 2 aromatic rings. The minimum Gasteiger partial charge on any atom is -0.462 e. The molecule has 122 valence electrons. The maximum Gasteiger partial charge on any atom is 0.338 e. The van der Waals surface area contributed by atoms with E-state index in [1.54, 1.807) is 34.5 Å². The largest absolute Gasteiger partial charge is 0.462 e. The number of ether oxygens (including phenoxy) is 1. The van der Waals surface area contributed by atoms with Crippen molar-refractivity contribution in [3.63, 3.8) is 0 Å². The van der Waals surface area contributed by atoms with Crippen molar-refractivity contribution < 1.29 is 9.53 Å². The zero-order chi connectivity index (χ0) is 16.6. The number of nitrogens with two attached hydrogens (primary N) is 1. The molecule has 0 saturated heterocycles. The average Bonchev–Trinajstić information content (AvgIpc) is 3.09. The van der Waals surface area contributed by atoms with Gasteiger partial charge in [-0.05, 0) is 23.6 Å². The van der Waals surface area contributed by atoms with Gasteiger partial charge in [0.15, 0.2) is 5.17 Å². The van der Waals surface area contributed by atoms with E-state index in [2.05, 4.69) is 9.98 Å². The normalized spacial score (nSPS) is 15.0. The summed E-state index contributed by atoms with van der Waals surface area (Å²) < 4.78 is 7.18. The molecule has 23 heavy (non-hydrogen) atoms. The van der Waals surface area contributed by atoms with E-state index < -0.39 is 0 Å². The van der Waals surface area contributed by atoms with Crippen LogP contribution in [0.25, 0.3) is 11.0 Å². The van der Waals surface area contributed by atoms with Gasteiger partial charge >= 0.3 is 5.97 Å². The third-order valence-corrected chi connectivity index (χ3v) is 4.27. The Bertz CT molecular complexity index is 789. The molecule has 0 unspecified atom stereocenters. The van der Waals surface area contributed by atoms with Crippen LogP contribution < -0.4 is 5.73 Å². The van der Waals surface area contributed by atoms with E-state index >= 15 is 0 Å². The van der Waals surface area contributed by atoms with Gasteiger partial charge in [-0.2, -0.15) is 0 Å². The molecule has 0 amide bonds. The number of carbonyl (C=O) groups is 1. The quantitative estimate of drug-likeness (QED) is 0.855. The van der Waals surface area contributed by atoms with E-state index in [0.717, 1.165) is 28.5 Å². The van der Waals surface area contributed by atoms with Crippen molar-refractivity contribution in [1.82, 2.24) is 9.55 Å². The highest BCUT2D eigenvalue weighted by Crippen LogP contribution is 2.25. The molecule has 0 fully saturated rings. The maximum atomic E-state index is 12.3. The number of anilines is 1. The van der Waals surface area contributed by atoms with Gasteiger partial charge in [-0.15, -0.1) is 0 Å². The fourth-order valence-electron chi connectivity index (χ4n) is 2.25. The van der Waals surface area contributed by atoms with Gasteiger partial charge in [-0.25, -0.2) is 9.78 Å². The number of aliphatic imine (C=N–C) groups is 1. The first kappa shape index (κ1) is 15.9. The van der Waals surface area contributed by atoms with Gasteiger partial charge in [0.05, 0.1) is 29.7 Å². The zero-order valence-electron chi connectivity index (χ0n) is 13.5. The lowest BCUT2D eigenvalue weighted by Gasteiger charge is -2.17. The summed E-state index contributed by atoms with van der Waals surface area (Å²) in [5.74, 6) is 0.976. The average molecular weight is 332 g/mol. The summed E-state index contributed by atoms with van der Waals surface area (Å²) in [7, 11) is 0. The second-order valence-corrected chi connectivity index (χ2v) is 7.72. The number of nitrogens with zero attached hydrogens (tertiary/aromatic N) is 3. The lowest BCUT2D eigenvalue weighted by Crippen LogP contribution is -2.18. The summed E-state index contributed by atoms with van der Waals surface area (Å²) in [4.78, 5) is 21.0. The van der Waals surface area contributed by atoms with Crippen molar-refractivity contribution in [1.29, 1.82) is 0 Å². The number of esters is 1. The first-order valence-electron chi connectivity index (χ1n) is 7.48. The number of aromatic nitrogens is 2. The Morgan fingerprint density at radius 2 is 2.22 bits per heavy atom. The number of benzene rings is 1. The maximum absolute atomic E-state index is 12.3. The van der Waals surface area contributed by atoms with E-state index in [9.17, 15) is 4.79 Å². The van der Waals surface area contributed by atoms with Crippen LogP contribution in [0.15, 0.2) is 23.2 Å². The molecule has 3 rings (SSSR count). The van der Waals surface area contributed by atoms with Crippen LogP contribution in [0.3, 0.4) is 0 Å². The summed E-state index contributed by atoms with van der Waals surface area (Å²) in [6, 6.07) is 5.27. The van der Waals surface area contributed by atoms with Crippen molar-refractivity contribution in [3.05, 3.63) is 23.8 Å². The van der Waals surface area contributed by atoms with Gasteiger partial charge in [0.1, 0.15) is 0 Å². The molecule has 6 nitrogen and oxygen atoms in total. The smallest absolute Gasteiger partial charge is 0.338 e. The standard InChI is InChI=1S/C16H20N4O2S/c1-16(2,3)9-22-13(21)10-4-5-11-12(8-10)20(14(17)19-11)15-18-6-7-23-15/h4-5,8H,6-7,9H2,1-3H3,(H2,17,19). The molecule has 0 radical (unpaired) electrons. The second kappa shape index (κ2) is 5.88. The van der Waals surface area contributed by atoms with Gasteiger partial charge in [-0.3, -0.25) is 9.56 Å². The predicted molar refractivity (Wildman–Crippen MR) is 94.0 cm³/mol. The molecule has 0 bridgehead atoms. The number of nitrogen functional groups attached to an aromatic ring is 1. The van der Waals surface area contributed by atoms with Crippen molar-refractivity contribution in [3.8, 4) is 0 Å². The van der Waals surface area contributed by atoms with Crippen LogP contribution >= 0.6 is 11.8 Å². The van der Waals surface area contributed by atoms with E-state index in [0.29, 0.717) is 18.1 Å². The second-order valence-electron chi connectivity index (χ2n) is 6.66. The Labute approximate surface area is 139 Å². The minimum atomic E-state index is -0.339. The molecule has 0 atom stereocenters. The Kier molecular flexibility index (Phi) is 4.06. The lowest BCUT2D eigenvalue weighted by molar-refractivity contribution is 0.0367. The lowest BCUT2D eigenvalue weighted by atomic mass is 9.99. The van der Waals surface area contributed by atoms with Gasteiger partial charge in [0.25, 0.3) is 0 Å². The van der Waals surface area contributed by atoms with Crippen LogP contribution in [-0.2, 0) is 4.74 Å². The third kappa shape index (κ3) is 3.34. The van der Waals surface area contributed by atoms with Crippen molar-refractivity contribution >= 4 is 39.9 Å². The number of imidazole rings is 1. The van der Waals surface area contributed by atoms with Crippen molar-refractivity contribution in [2.75, 3.05) is 24.6 Å². The molecular weight excluding hydrogens is 312 g/mol. The van der Waals surface area contributed by atoms with Crippen LogP contribution in [0.1, 0.15) is 31.1 Å². The molecule has 0 aliphatic carbocycles. The first-order chi connectivity index (χ1) is 10.8. The first-order valence-corrected chi connectivity index (χ1v) is 8.46. The van der Waals surface area contributed by atoms with Crippen molar-refractivity contribution in [2.24, 2.45) is 10.4 Å². The monoisotopic (exact) mass is 332 g/mol. The molecule has 1 aliphatic heterocycles. The van der Waals surface area contributed by atoms with Crippen LogP contribution in [-0.4, -0.2) is 39.6 Å². The van der Waals surface area contributed by atoms with E-state index in [-0.39, 0.29) is 11.4 Å².